The van der Waals surface area contributed by atoms with Crippen LogP contribution in [0.5, 0.6) is 23.0 Å². The molecule has 0 aliphatic heterocycles. The summed E-state index contributed by atoms with van der Waals surface area (Å²) in [6.45, 7) is 1.84. The van der Waals surface area contributed by atoms with E-state index < -0.39 is 11.7 Å². The summed E-state index contributed by atoms with van der Waals surface area (Å²) in [6, 6.07) is 12.7. The zero-order chi connectivity index (χ0) is 26.7. The number of rotatable bonds is 8. The number of methoxy groups -OCH3 is 4. The predicted octanol–water partition coefficient (Wildman–Crippen LogP) is 5.32. The maximum Gasteiger partial charge on any atom is 0.295 e. The first-order valence-electron chi connectivity index (χ1n) is 11.0. The molecule has 37 heavy (non-hydrogen) atoms. The van der Waals surface area contributed by atoms with Crippen molar-refractivity contribution in [1.29, 1.82) is 0 Å². The van der Waals surface area contributed by atoms with Crippen molar-refractivity contribution in [1.82, 2.24) is 14.8 Å². The van der Waals surface area contributed by atoms with Gasteiger partial charge in [-0.05, 0) is 61.0 Å². The van der Waals surface area contributed by atoms with Gasteiger partial charge in [-0.25, -0.2) is 14.1 Å². The molecule has 1 aromatic heterocycles. The van der Waals surface area contributed by atoms with E-state index in [1.54, 1.807) is 37.4 Å². The topological polar surface area (TPSA) is 96.7 Å². The molecule has 1 N–H and O–H groups in total. The second-order valence-corrected chi connectivity index (χ2v) is 8.23. The average molecular weight is 527 g/mol. The van der Waals surface area contributed by atoms with Crippen molar-refractivity contribution in [2.75, 3.05) is 33.8 Å². The van der Waals surface area contributed by atoms with Gasteiger partial charge < -0.3 is 24.3 Å². The number of hydrogen-bond acceptors (Lipinski definition) is 7. The number of nitrogens with zero attached hydrogens (tertiary/aromatic N) is 3. The largest absolute Gasteiger partial charge is 0.497 e. The third-order valence-corrected chi connectivity index (χ3v) is 5.85. The van der Waals surface area contributed by atoms with E-state index in [2.05, 4.69) is 15.4 Å². The van der Waals surface area contributed by atoms with Gasteiger partial charge >= 0.3 is 0 Å². The van der Waals surface area contributed by atoms with Crippen molar-refractivity contribution in [3.63, 3.8) is 0 Å². The van der Waals surface area contributed by atoms with Crippen LogP contribution in [0, 0.1) is 12.7 Å². The van der Waals surface area contributed by atoms with Crippen LogP contribution in [0.3, 0.4) is 0 Å². The van der Waals surface area contributed by atoms with Gasteiger partial charge in [0.2, 0.25) is 11.6 Å². The number of carbonyl (C=O) groups is 1. The van der Waals surface area contributed by atoms with Gasteiger partial charge in [0.15, 0.2) is 17.3 Å². The van der Waals surface area contributed by atoms with Crippen molar-refractivity contribution in [2.24, 2.45) is 0 Å². The van der Waals surface area contributed by atoms with Crippen LogP contribution in [0.1, 0.15) is 16.2 Å². The lowest BCUT2D eigenvalue weighted by Gasteiger charge is -2.14. The van der Waals surface area contributed by atoms with Crippen LogP contribution in [0.25, 0.3) is 17.1 Å². The van der Waals surface area contributed by atoms with E-state index in [4.69, 9.17) is 30.5 Å². The molecule has 1 amide bonds. The van der Waals surface area contributed by atoms with Crippen LogP contribution >= 0.6 is 11.6 Å². The number of hydrogen-bond donors (Lipinski definition) is 1. The summed E-state index contributed by atoms with van der Waals surface area (Å²) in [6.07, 6.45) is 0. The van der Waals surface area contributed by atoms with Crippen molar-refractivity contribution in [3.8, 4) is 40.1 Å². The molecule has 0 saturated heterocycles. The van der Waals surface area contributed by atoms with Crippen molar-refractivity contribution in [3.05, 3.63) is 70.8 Å². The number of benzene rings is 3. The number of halogens is 2. The molecule has 0 aliphatic carbocycles. The van der Waals surface area contributed by atoms with Crippen LogP contribution in [0.4, 0.5) is 10.1 Å². The lowest BCUT2D eigenvalue weighted by molar-refractivity contribution is 0.101. The molecule has 0 atom stereocenters. The van der Waals surface area contributed by atoms with E-state index in [0.29, 0.717) is 39.9 Å². The van der Waals surface area contributed by atoms with Gasteiger partial charge in [-0.15, -0.1) is 5.10 Å². The molecule has 192 valence electrons. The normalized spacial score (nSPS) is 10.7. The lowest BCUT2D eigenvalue weighted by Crippen LogP contribution is -2.15. The van der Waals surface area contributed by atoms with E-state index in [0.717, 1.165) is 5.56 Å². The van der Waals surface area contributed by atoms with Crippen LogP contribution in [-0.4, -0.2) is 49.1 Å². The number of carbonyl (C=O) groups excluding carboxylic acids is 1. The molecule has 0 aliphatic rings. The fraction of sp³-hybridized carbons (Fsp3) is 0.192. The summed E-state index contributed by atoms with van der Waals surface area (Å²) in [5, 5.41) is 7.12. The third kappa shape index (κ3) is 5.14. The molecule has 3 aromatic carbocycles. The first kappa shape index (κ1) is 25.8. The highest BCUT2D eigenvalue weighted by molar-refractivity contribution is 6.30. The van der Waals surface area contributed by atoms with Gasteiger partial charge in [0.05, 0.1) is 39.1 Å². The second-order valence-electron chi connectivity index (χ2n) is 7.82. The molecule has 0 unspecified atom stereocenters. The Balaban J connectivity index is 1.84. The van der Waals surface area contributed by atoms with Gasteiger partial charge in [0.1, 0.15) is 11.6 Å². The van der Waals surface area contributed by atoms with Gasteiger partial charge in [-0.2, -0.15) is 0 Å². The first-order chi connectivity index (χ1) is 17.8. The molecule has 1 heterocycles. The predicted molar refractivity (Wildman–Crippen MR) is 137 cm³/mol. The standard InChI is InChI=1S/C26H24ClFN4O5/c1-14-10-17(34-2)7-9-20(14)29-26(33)24-30-25(32(31-24)16-6-8-19(28)18(27)13-16)15-11-21(35-3)23(37-5)22(12-15)36-4/h6-13H,1-5H3,(H,29,33). The maximum atomic E-state index is 13.9. The average Bonchev–Trinajstić information content (AvgIpc) is 3.36. The molecule has 0 bridgehead atoms. The third-order valence-electron chi connectivity index (χ3n) is 5.56. The van der Waals surface area contributed by atoms with Gasteiger partial charge in [-0.1, -0.05) is 11.6 Å². The lowest BCUT2D eigenvalue weighted by atomic mass is 10.1. The monoisotopic (exact) mass is 526 g/mol. The molecule has 4 rings (SSSR count). The molecule has 0 spiro atoms. The maximum absolute atomic E-state index is 13.9. The Morgan fingerprint density at radius 3 is 2.22 bits per heavy atom. The molecular formula is C26H24ClFN4O5. The number of aryl methyl sites for hydroxylation is 1. The number of ether oxygens (including phenoxy) is 4. The highest BCUT2D eigenvalue weighted by Crippen LogP contribution is 2.41. The van der Waals surface area contributed by atoms with Crippen LogP contribution in [0.2, 0.25) is 5.02 Å². The van der Waals surface area contributed by atoms with Crippen molar-refractivity contribution >= 4 is 23.2 Å². The second kappa shape index (κ2) is 10.8. The van der Waals surface area contributed by atoms with Crippen molar-refractivity contribution in [2.45, 2.75) is 6.92 Å². The summed E-state index contributed by atoms with van der Waals surface area (Å²) in [7, 11) is 6.03. The highest BCUT2D eigenvalue weighted by atomic mass is 35.5. The Labute approximate surface area is 217 Å². The minimum atomic E-state index is -0.590. The Hall–Kier alpha value is -4.31. The summed E-state index contributed by atoms with van der Waals surface area (Å²) in [5.74, 6) is 0.805. The van der Waals surface area contributed by atoms with Gasteiger partial charge in [0, 0.05) is 11.3 Å². The fourth-order valence-electron chi connectivity index (χ4n) is 3.68. The quantitative estimate of drug-likeness (QED) is 0.332. The van der Waals surface area contributed by atoms with E-state index in [9.17, 15) is 9.18 Å². The Bertz CT molecular complexity index is 1450. The zero-order valence-corrected chi connectivity index (χ0v) is 21.5. The first-order valence-corrected chi connectivity index (χ1v) is 11.4. The minimum absolute atomic E-state index is 0.108. The summed E-state index contributed by atoms with van der Waals surface area (Å²) in [5.41, 5.74) is 2.26. The zero-order valence-electron chi connectivity index (χ0n) is 20.8. The van der Waals surface area contributed by atoms with Crippen LogP contribution in [0.15, 0.2) is 48.5 Å². The molecular weight excluding hydrogens is 503 g/mol. The van der Waals surface area contributed by atoms with Crippen LogP contribution < -0.4 is 24.3 Å². The van der Waals surface area contributed by atoms with Gasteiger partial charge in [0.25, 0.3) is 5.91 Å². The molecule has 11 heteroatoms. The van der Waals surface area contributed by atoms with E-state index in [1.807, 2.05) is 6.92 Å². The molecule has 0 saturated carbocycles. The van der Waals surface area contributed by atoms with E-state index in [1.165, 1.54) is 44.2 Å². The number of anilines is 1. The van der Waals surface area contributed by atoms with Crippen molar-refractivity contribution < 1.29 is 28.1 Å². The minimum Gasteiger partial charge on any atom is -0.497 e. The number of aromatic nitrogens is 3. The Kier molecular flexibility index (Phi) is 7.49. The molecule has 4 aromatic rings. The van der Waals surface area contributed by atoms with E-state index in [-0.39, 0.29) is 16.7 Å². The Morgan fingerprint density at radius 1 is 0.946 bits per heavy atom. The van der Waals surface area contributed by atoms with E-state index >= 15 is 0 Å². The summed E-state index contributed by atoms with van der Waals surface area (Å²) < 4.78 is 36.8. The van der Waals surface area contributed by atoms with Gasteiger partial charge in [-0.3, -0.25) is 4.79 Å². The Morgan fingerprint density at radius 2 is 1.65 bits per heavy atom. The molecule has 0 radical (unpaired) electrons. The smallest absolute Gasteiger partial charge is 0.295 e. The molecule has 0 fully saturated rings. The summed E-state index contributed by atoms with van der Waals surface area (Å²) in [4.78, 5) is 17.7. The number of amides is 1. The highest BCUT2D eigenvalue weighted by Gasteiger charge is 2.23. The summed E-state index contributed by atoms with van der Waals surface area (Å²) >= 11 is 6.03. The number of nitrogens with one attached hydrogen (secondary N) is 1. The fourth-order valence-corrected chi connectivity index (χ4v) is 3.86. The van der Waals surface area contributed by atoms with Crippen LogP contribution in [-0.2, 0) is 0 Å². The molecule has 9 nitrogen and oxygen atoms in total. The SMILES string of the molecule is COc1ccc(NC(=O)c2nc(-c3cc(OC)c(OC)c(OC)c3)n(-c3ccc(F)c(Cl)c3)n2)c(C)c1.